The number of nitrogens with one attached hydrogen (secondary N) is 1. The molecule has 0 saturated carbocycles. The van der Waals surface area contributed by atoms with Gasteiger partial charge in [-0.3, -0.25) is 0 Å². The molecule has 2 aromatic heterocycles. The van der Waals surface area contributed by atoms with Gasteiger partial charge in [-0.25, -0.2) is 9.78 Å². The van der Waals surface area contributed by atoms with E-state index in [4.69, 9.17) is 4.42 Å². The molecule has 1 saturated heterocycles. The number of ether oxygens (including phenoxy) is 1. The van der Waals surface area contributed by atoms with Crippen LogP contribution in [0.1, 0.15) is 29.6 Å². The average molecular weight is 456 g/mol. The molecule has 1 fully saturated rings. The van der Waals surface area contributed by atoms with Crippen molar-refractivity contribution in [3.05, 3.63) is 23.2 Å². The smallest absolute Gasteiger partial charge is 0.478 e. The van der Waals surface area contributed by atoms with Crippen molar-refractivity contribution in [2.75, 3.05) is 25.0 Å². The maximum absolute atomic E-state index is 13.1. The van der Waals surface area contributed by atoms with Crippen LogP contribution in [0, 0.1) is 0 Å². The van der Waals surface area contributed by atoms with Gasteiger partial charge in [0, 0.05) is 30.7 Å². The number of aromatic nitrogens is 2. The van der Waals surface area contributed by atoms with E-state index in [1.54, 1.807) is 5.38 Å². The Morgan fingerprint density at radius 3 is 2.87 bits per heavy atom. The molecule has 3 aromatic rings. The Balaban J connectivity index is 1.92. The molecule has 1 aliphatic rings. The van der Waals surface area contributed by atoms with Gasteiger partial charge in [0.25, 0.3) is 6.01 Å². The number of anilines is 1. The summed E-state index contributed by atoms with van der Waals surface area (Å²) in [6.45, 7) is 1.16. The number of alkyl halides is 3. The highest BCUT2D eigenvalue weighted by Crippen LogP contribution is 2.42. The third kappa shape index (κ3) is 4.44. The number of nitrogens with zero attached hydrogens (tertiary/aromatic N) is 3. The number of carbonyl (C=O) groups is 1. The van der Waals surface area contributed by atoms with Gasteiger partial charge in [0.05, 0.1) is 5.56 Å². The second-order valence-electron chi connectivity index (χ2n) is 7.09. The Bertz CT molecular complexity index is 1080. The van der Waals surface area contributed by atoms with Crippen molar-refractivity contribution in [3.8, 4) is 16.3 Å². The minimum Gasteiger partial charge on any atom is -0.478 e. The predicted octanol–water partition coefficient (Wildman–Crippen LogP) is 4.13. The van der Waals surface area contributed by atoms with Gasteiger partial charge in [-0.05, 0) is 26.0 Å². The topological polar surface area (TPSA) is 101 Å². The Morgan fingerprint density at radius 1 is 1.42 bits per heavy atom. The molecule has 166 valence electrons. The van der Waals surface area contributed by atoms with Crippen molar-refractivity contribution < 1.29 is 32.2 Å². The fourth-order valence-corrected chi connectivity index (χ4v) is 4.28. The Kier molecular flexibility index (Phi) is 5.75. The lowest BCUT2D eigenvalue weighted by molar-refractivity contribution is -0.274. The number of thiazole rings is 1. The number of carboxylic acids is 1. The Morgan fingerprint density at radius 2 is 2.23 bits per heavy atom. The molecule has 0 spiro atoms. The van der Waals surface area contributed by atoms with E-state index >= 15 is 0 Å². The summed E-state index contributed by atoms with van der Waals surface area (Å²) in [5.41, 5.74) is -0.725. The molecule has 1 aliphatic heterocycles. The van der Waals surface area contributed by atoms with Gasteiger partial charge in [0.2, 0.25) is 0 Å². The summed E-state index contributed by atoms with van der Waals surface area (Å²) in [4.78, 5) is 22.0. The lowest BCUT2D eigenvalue weighted by Crippen LogP contribution is -2.38. The summed E-state index contributed by atoms with van der Waals surface area (Å²) in [5, 5.41) is 14.8. The SMILES string of the molecule is CNC1CCCCN(c2nc3c(OC(F)(F)F)c(C(=O)O)cc(-c4nccs4)c3o2)C1. The molecule has 0 bridgehead atoms. The number of benzene rings is 1. The van der Waals surface area contributed by atoms with E-state index in [-0.39, 0.29) is 28.7 Å². The van der Waals surface area contributed by atoms with E-state index < -0.39 is 23.6 Å². The van der Waals surface area contributed by atoms with Gasteiger partial charge in [-0.2, -0.15) is 4.98 Å². The van der Waals surface area contributed by atoms with Crippen LogP contribution in [0.5, 0.6) is 5.75 Å². The van der Waals surface area contributed by atoms with E-state index in [2.05, 4.69) is 20.0 Å². The van der Waals surface area contributed by atoms with Crippen LogP contribution in [0.4, 0.5) is 19.2 Å². The largest absolute Gasteiger partial charge is 0.573 e. The highest BCUT2D eigenvalue weighted by molar-refractivity contribution is 7.13. The van der Waals surface area contributed by atoms with E-state index in [9.17, 15) is 23.1 Å². The van der Waals surface area contributed by atoms with Gasteiger partial charge in [-0.1, -0.05) is 6.42 Å². The first-order valence-electron chi connectivity index (χ1n) is 9.55. The molecule has 4 rings (SSSR count). The van der Waals surface area contributed by atoms with Crippen LogP contribution >= 0.6 is 11.3 Å². The standard InChI is InChI=1S/C19H19F3N4O4S/c1-23-10-4-2-3-6-26(9-10)18-25-13-14(29-18)11(16-24-5-7-31-16)8-12(17(27)28)15(13)30-19(20,21)22/h5,7-8,10,23H,2-4,6,9H2,1H3,(H,27,28). The summed E-state index contributed by atoms with van der Waals surface area (Å²) in [6.07, 6.45) is -0.793. The number of oxazole rings is 1. The van der Waals surface area contributed by atoms with E-state index in [1.165, 1.54) is 17.5 Å². The molecule has 12 heteroatoms. The third-order valence-electron chi connectivity index (χ3n) is 5.07. The Labute approximate surface area is 178 Å². The third-order valence-corrected chi connectivity index (χ3v) is 5.88. The van der Waals surface area contributed by atoms with Gasteiger partial charge >= 0.3 is 12.3 Å². The minimum atomic E-state index is -5.10. The molecule has 1 atom stereocenters. The first kappa shape index (κ1) is 21.4. The molecule has 0 radical (unpaired) electrons. The van der Waals surface area contributed by atoms with Crippen LogP contribution in [-0.4, -0.2) is 53.6 Å². The van der Waals surface area contributed by atoms with Crippen molar-refractivity contribution in [2.24, 2.45) is 0 Å². The summed E-state index contributed by atoms with van der Waals surface area (Å²) in [6, 6.07) is 1.36. The van der Waals surface area contributed by atoms with E-state index in [1.807, 2.05) is 11.9 Å². The van der Waals surface area contributed by atoms with E-state index in [0.717, 1.165) is 25.3 Å². The van der Waals surface area contributed by atoms with Crippen molar-refractivity contribution >= 4 is 34.4 Å². The molecule has 1 unspecified atom stereocenters. The molecular formula is C19H19F3N4O4S. The zero-order chi connectivity index (χ0) is 22.2. The molecule has 0 aliphatic carbocycles. The van der Waals surface area contributed by atoms with E-state index in [0.29, 0.717) is 18.1 Å². The number of fused-ring (bicyclic) bond motifs is 1. The van der Waals surface area contributed by atoms with Crippen LogP contribution in [0.15, 0.2) is 22.1 Å². The van der Waals surface area contributed by atoms with Crippen LogP contribution in [0.2, 0.25) is 0 Å². The van der Waals surface area contributed by atoms with Crippen LogP contribution in [0.3, 0.4) is 0 Å². The van der Waals surface area contributed by atoms with Crippen molar-refractivity contribution in [1.29, 1.82) is 0 Å². The second kappa shape index (κ2) is 8.35. The molecule has 8 nitrogen and oxygen atoms in total. The van der Waals surface area contributed by atoms with Gasteiger partial charge in [0.15, 0.2) is 16.8 Å². The minimum absolute atomic E-state index is 0.000505. The molecular weight excluding hydrogens is 437 g/mol. The molecule has 2 N–H and O–H groups in total. The number of halogens is 3. The maximum Gasteiger partial charge on any atom is 0.573 e. The van der Waals surface area contributed by atoms with Crippen LogP contribution < -0.4 is 15.0 Å². The average Bonchev–Trinajstić information content (AvgIpc) is 3.33. The first-order valence-corrected chi connectivity index (χ1v) is 10.4. The zero-order valence-corrected chi connectivity index (χ0v) is 17.2. The first-order chi connectivity index (χ1) is 14.8. The normalized spacial score (nSPS) is 17.7. The monoisotopic (exact) mass is 456 g/mol. The fourth-order valence-electron chi connectivity index (χ4n) is 3.63. The second-order valence-corrected chi connectivity index (χ2v) is 7.99. The zero-order valence-electron chi connectivity index (χ0n) is 16.4. The van der Waals surface area contributed by atoms with Gasteiger partial charge in [-0.15, -0.1) is 24.5 Å². The summed E-state index contributed by atoms with van der Waals surface area (Å²) < 4.78 is 49.3. The van der Waals surface area contributed by atoms with Gasteiger partial charge < -0.3 is 24.5 Å². The number of aromatic carboxylic acids is 1. The number of carboxylic acid groups (broad SMARTS) is 1. The lowest BCUT2D eigenvalue weighted by Gasteiger charge is -2.22. The molecule has 31 heavy (non-hydrogen) atoms. The fraction of sp³-hybridized carbons (Fsp3) is 0.421. The predicted molar refractivity (Wildman–Crippen MR) is 108 cm³/mol. The van der Waals surface area contributed by atoms with Crippen molar-refractivity contribution in [1.82, 2.24) is 15.3 Å². The van der Waals surface area contributed by atoms with Gasteiger partial charge in [0.1, 0.15) is 10.6 Å². The quantitative estimate of drug-likeness (QED) is 0.591. The highest BCUT2D eigenvalue weighted by Gasteiger charge is 2.36. The maximum atomic E-state index is 13.1. The molecule has 3 heterocycles. The number of rotatable bonds is 5. The van der Waals surface area contributed by atoms with Crippen molar-refractivity contribution in [3.63, 3.8) is 0 Å². The molecule has 0 amide bonds. The van der Waals surface area contributed by atoms with Crippen LogP contribution in [0.25, 0.3) is 21.7 Å². The molecule has 1 aromatic carbocycles. The number of hydrogen-bond acceptors (Lipinski definition) is 8. The summed E-state index contributed by atoms with van der Waals surface area (Å²) in [7, 11) is 1.84. The number of likely N-dealkylation sites (N-methyl/N-ethyl adjacent to an activating group) is 1. The number of hydrogen-bond donors (Lipinski definition) is 2. The Hall–Kier alpha value is -2.86. The highest BCUT2D eigenvalue weighted by atomic mass is 32.1. The van der Waals surface area contributed by atoms with Crippen molar-refractivity contribution in [2.45, 2.75) is 31.7 Å². The summed E-state index contributed by atoms with van der Waals surface area (Å²) >= 11 is 1.20. The van der Waals surface area contributed by atoms with Crippen LogP contribution in [-0.2, 0) is 0 Å². The summed E-state index contributed by atoms with van der Waals surface area (Å²) in [5.74, 6) is -2.47. The lowest BCUT2D eigenvalue weighted by atomic mass is 10.1.